The standard InChI is InChI=1S/C12H9ClN4O2/c1-19-9-4-6(13)2-3-7(9)11-15-8-5-14-17-12(18)10(8)16-11/h2-5,14H,1H3,(H,17,18). The lowest BCUT2D eigenvalue weighted by molar-refractivity contribution is 0.416. The zero-order valence-electron chi connectivity index (χ0n) is 9.90. The van der Waals surface area contributed by atoms with Crippen LogP contribution in [-0.4, -0.2) is 27.3 Å². The predicted molar refractivity (Wildman–Crippen MR) is 70.6 cm³/mol. The molecular formula is C12H9ClN4O2. The van der Waals surface area contributed by atoms with Gasteiger partial charge in [0.05, 0.1) is 12.7 Å². The van der Waals surface area contributed by atoms with Crippen LogP contribution in [0.4, 0.5) is 0 Å². The molecular weight excluding hydrogens is 268 g/mol. The van der Waals surface area contributed by atoms with Crippen molar-refractivity contribution in [3.05, 3.63) is 39.8 Å². The summed E-state index contributed by atoms with van der Waals surface area (Å²) in [6, 6.07) is 5.15. The van der Waals surface area contributed by atoms with Gasteiger partial charge in [-0.05, 0) is 18.2 Å². The highest BCUT2D eigenvalue weighted by Crippen LogP contribution is 2.32. The van der Waals surface area contributed by atoms with E-state index in [9.17, 15) is 4.79 Å². The summed E-state index contributed by atoms with van der Waals surface area (Å²) in [4.78, 5) is 20.1. The SMILES string of the molecule is COc1cc(Cl)ccc1-c1nc2c[nH][nH]c(=O)c-2n1. The summed E-state index contributed by atoms with van der Waals surface area (Å²) < 4.78 is 5.25. The minimum atomic E-state index is -0.316. The summed E-state index contributed by atoms with van der Waals surface area (Å²) >= 11 is 5.91. The summed E-state index contributed by atoms with van der Waals surface area (Å²) in [5, 5.41) is 5.61. The van der Waals surface area contributed by atoms with Crippen molar-refractivity contribution in [3.63, 3.8) is 0 Å². The number of fused-ring (bicyclic) bond motifs is 1. The third-order valence-electron chi connectivity index (χ3n) is 2.70. The predicted octanol–water partition coefficient (Wildman–Crippen LogP) is 1.93. The van der Waals surface area contributed by atoms with Crippen LogP contribution in [-0.2, 0) is 0 Å². The average Bonchev–Trinajstić information content (AvgIpc) is 2.83. The second kappa shape index (κ2) is 4.40. The zero-order chi connectivity index (χ0) is 13.4. The molecule has 3 rings (SSSR count). The summed E-state index contributed by atoms with van der Waals surface area (Å²) in [6.45, 7) is 0. The number of ether oxygens (including phenoxy) is 1. The molecule has 2 heterocycles. The van der Waals surface area contributed by atoms with Crippen molar-refractivity contribution in [2.45, 2.75) is 0 Å². The molecule has 0 amide bonds. The largest absolute Gasteiger partial charge is 0.496 e. The van der Waals surface area contributed by atoms with Gasteiger partial charge in [-0.3, -0.25) is 9.89 Å². The summed E-state index contributed by atoms with van der Waals surface area (Å²) in [6.07, 6.45) is 1.58. The van der Waals surface area contributed by atoms with Gasteiger partial charge in [0.1, 0.15) is 11.4 Å². The number of hydrogen-bond donors (Lipinski definition) is 2. The third kappa shape index (κ3) is 1.96. The van der Waals surface area contributed by atoms with Crippen molar-refractivity contribution in [2.24, 2.45) is 0 Å². The number of aromatic nitrogens is 4. The Labute approximate surface area is 112 Å². The number of halogens is 1. The molecule has 0 atom stereocenters. The van der Waals surface area contributed by atoms with Crippen LogP contribution in [0.1, 0.15) is 0 Å². The Morgan fingerprint density at radius 2 is 2.16 bits per heavy atom. The summed E-state index contributed by atoms with van der Waals surface area (Å²) in [7, 11) is 1.54. The molecule has 2 aliphatic heterocycles. The van der Waals surface area contributed by atoms with Gasteiger partial charge < -0.3 is 9.84 Å². The van der Waals surface area contributed by atoms with Crippen molar-refractivity contribution < 1.29 is 4.74 Å². The number of methoxy groups -OCH3 is 1. The van der Waals surface area contributed by atoms with Crippen LogP contribution in [0.3, 0.4) is 0 Å². The van der Waals surface area contributed by atoms with Crippen molar-refractivity contribution >= 4 is 11.6 Å². The number of H-pyrrole nitrogens is 2. The molecule has 19 heavy (non-hydrogen) atoms. The molecule has 0 fully saturated rings. The topological polar surface area (TPSA) is 83.7 Å². The number of rotatable bonds is 2. The van der Waals surface area contributed by atoms with Gasteiger partial charge >= 0.3 is 0 Å². The molecule has 2 aliphatic rings. The van der Waals surface area contributed by atoms with Gasteiger partial charge in [0.25, 0.3) is 5.56 Å². The zero-order valence-corrected chi connectivity index (χ0v) is 10.7. The van der Waals surface area contributed by atoms with Gasteiger partial charge in [0, 0.05) is 11.2 Å². The Morgan fingerprint density at radius 3 is 2.89 bits per heavy atom. The maximum Gasteiger partial charge on any atom is 0.290 e. The fourth-order valence-electron chi connectivity index (χ4n) is 1.82. The average molecular weight is 277 g/mol. The molecule has 96 valence electrons. The lowest BCUT2D eigenvalue weighted by Crippen LogP contribution is -2.10. The van der Waals surface area contributed by atoms with E-state index in [1.165, 1.54) is 0 Å². The molecule has 0 spiro atoms. The Hall–Kier alpha value is -2.34. The van der Waals surface area contributed by atoms with Crippen molar-refractivity contribution in [1.29, 1.82) is 0 Å². The normalized spacial score (nSPS) is 10.8. The molecule has 6 nitrogen and oxygen atoms in total. The van der Waals surface area contributed by atoms with E-state index in [0.717, 1.165) is 0 Å². The van der Waals surface area contributed by atoms with Gasteiger partial charge in [0.2, 0.25) is 0 Å². The van der Waals surface area contributed by atoms with E-state index in [0.29, 0.717) is 27.9 Å². The molecule has 1 aromatic carbocycles. The van der Waals surface area contributed by atoms with Crippen LogP contribution >= 0.6 is 11.6 Å². The molecule has 0 saturated carbocycles. The van der Waals surface area contributed by atoms with E-state index >= 15 is 0 Å². The Bertz CT molecular complexity index is 765. The van der Waals surface area contributed by atoms with Gasteiger partial charge in [-0.1, -0.05) is 11.6 Å². The summed E-state index contributed by atoms with van der Waals surface area (Å²) in [5.74, 6) is 0.983. The van der Waals surface area contributed by atoms with Gasteiger partial charge in [-0.15, -0.1) is 0 Å². The molecule has 1 aromatic rings. The van der Waals surface area contributed by atoms with Crippen LogP contribution < -0.4 is 10.3 Å². The second-order valence-electron chi connectivity index (χ2n) is 3.87. The number of hydrogen-bond acceptors (Lipinski definition) is 4. The fourth-order valence-corrected chi connectivity index (χ4v) is 1.98. The molecule has 7 heteroatoms. The first kappa shape index (κ1) is 11.7. The van der Waals surface area contributed by atoms with Crippen LogP contribution in [0.15, 0.2) is 29.2 Å². The number of aromatic amines is 2. The number of benzene rings is 1. The molecule has 0 aromatic heterocycles. The Balaban J connectivity index is 2.23. The molecule has 0 radical (unpaired) electrons. The highest BCUT2D eigenvalue weighted by Gasteiger charge is 2.18. The molecule has 0 unspecified atom stereocenters. The Morgan fingerprint density at radius 1 is 1.32 bits per heavy atom. The van der Waals surface area contributed by atoms with E-state index in [1.807, 2.05) is 0 Å². The van der Waals surface area contributed by atoms with Gasteiger partial charge in [-0.2, -0.15) is 0 Å². The van der Waals surface area contributed by atoms with E-state index in [2.05, 4.69) is 20.2 Å². The van der Waals surface area contributed by atoms with Gasteiger partial charge in [0.15, 0.2) is 11.5 Å². The first-order valence-electron chi connectivity index (χ1n) is 5.47. The van der Waals surface area contributed by atoms with Crippen molar-refractivity contribution in [2.75, 3.05) is 7.11 Å². The van der Waals surface area contributed by atoms with Crippen LogP contribution in [0, 0.1) is 0 Å². The number of nitrogens with one attached hydrogen (secondary N) is 2. The van der Waals surface area contributed by atoms with E-state index in [4.69, 9.17) is 16.3 Å². The highest BCUT2D eigenvalue weighted by molar-refractivity contribution is 6.30. The van der Waals surface area contributed by atoms with Gasteiger partial charge in [-0.25, -0.2) is 9.97 Å². The highest BCUT2D eigenvalue weighted by atomic mass is 35.5. The Kier molecular flexibility index (Phi) is 2.72. The first-order chi connectivity index (χ1) is 9.19. The first-order valence-corrected chi connectivity index (χ1v) is 5.84. The number of imidazole rings is 1. The molecule has 0 bridgehead atoms. The minimum absolute atomic E-state index is 0.283. The second-order valence-corrected chi connectivity index (χ2v) is 4.30. The van der Waals surface area contributed by atoms with Crippen LogP contribution in [0.2, 0.25) is 5.02 Å². The van der Waals surface area contributed by atoms with E-state index < -0.39 is 0 Å². The van der Waals surface area contributed by atoms with Crippen molar-refractivity contribution in [1.82, 2.24) is 20.2 Å². The number of nitrogens with zero attached hydrogens (tertiary/aromatic N) is 2. The molecule has 0 saturated heterocycles. The third-order valence-corrected chi connectivity index (χ3v) is 2.94. The lowest BCUT2D eigenvalue weighted by atomic mass is 10.2. The fraction of sp³-hybridized carbons (Fsp3) is 0.0833. The maximum atomic E-state index is 11.6. The molecule has 2 N–H and O–H groups in total. The monoisotopic (exact) mass is 276 g/mol. The van der Waals surface area contributed by atoms with E-state index in [1.54, 1.807) is 31.5 Å². The smallest absolute Gasteiger partial charge is 0.290 e. The van der Waals surface area contributed by atoms with Crippen LogP contribution in [0.5, 0.6) is 5.75 Å². The molecule has 0 aliphatic carbocycles. The minimum Gasteiger partial charge on any atom is -0.496 e. The van der Waals surface area contributed by atoms with Crippen LogP contribution in [0.25, 0.3) is 22.8 Å². The quantitative estimate of drug-likeness (QED) is 0.749. The lowest BCUT2D eigenvalue weighted by Gasteiger charge is -2.05. The summed E-state index contributed by atoms with van der Waals surface area (Å²) in [5.41, 5.74) is 1.15. The van der Waals surface area contributed by atoms with Crippen molar-refractivity contribution in [3.8, 4) is 28.5 Å². The maximum absolute atomic E-state index is 11.6. The van der Waals surface area contributed by atoms with E-state index in [-0.39, 0.29) is 11.3 Å².